The average molecular weight is 313 g/mol. The molecule has 0 radical (unpaired) electrons. The van der Waals surface area contributed by atoms with Crippen LogP contribution < -0.4 is 5.32 Å². The van der Waals surface area contributed by atoms with Crippen molar-refractivity contribution < 1.29 is 13.2 Å². The highest BCUT2D eigenvalue weighted by atomic mass is 19.4. The van der Waals surface area contributed by atoms with Crippen molar-refractivity contribution in [2.45, 2.75) is 32.5 Å². The van der Waals surface area contributed by atoms with Crippen molar-refractivity contribution in [2.75, 3.05) is 6.54 Å². The van der Waals surface area contributed by atoms with Crippen molar-refractivity contribution in [3.63, 3.8) is 0 Å². The molecule has 0 spiro atoms. The number of aryl methyl sites for hydroxylation is 2. The van der Waals surface area contributed by atoms with Crippen LogP contribution in [0.25, 0.3) is 11.3 Å². The zero-order chi connectivity index (χ0) is 16.2. The highest BCUT2D eigenvalue weighted by Gasteiger charge is 2.40. The zero-order valence-electron chi connectivity index (χ0n) is 12.9. The maximum atomic E-state index is 13.4. The minimum atomic E-state index is -4.49. The molecule has 0 aromatic carbocycles. The summed E-state index contributed by atoms with van der Waals surface area (Å²) in [7, 11) is 3.22. The van der Waals surface area contributed by atoms with E-state index in [2.05, 4.69) is 15.5 Å². The number of rotatable bonds is 1. The second kappa shape index (κ2) is 4.84. The molecule has 0 unspecified atom stereocenters. The van der Waals surface area contributed by atoms with Crippen LogP contribution in [0.4, 0.5) is 13.2 Å². The summed E-state index contributed by atoms with van der Waals surface area (Å²) in [4.78, 5) is 0. The van der Waals surface area contributed by atoms with E-state index in [-0.39, 0.29) is 11.6 Å². The lowest BCUT2D eigenvalue weighted by Crippen LogP contribution is -2.27. The average Bonchev–Trinajstić information content (AvgIpc) is 2.89. The van der Waals surface area contributed by atoms with Crippen LogP contribution in [-0.2, 0) is 26.7 Å². The molecule has 120 valence electrons. The van der Waals surface area contributed by atoms with Gasteiger partial charge in [-0.15, -0.1) is 0 Å². The first-order chi connectivity index (χ1) is 10.2. The van der Waals surface area contributed by atoms with Crippen molar-refractivity contribution >= 4 is 0 Å². The molecule has 22 heavy (non-hydrogen) atoms. The van der Waals surface area contributed by atoms with Gasteiger partial charge in [0.25, 0.3) is 0 Å². The summed E-state index contributed by atoms with van der Waals surface area (Å²) in [6, 6.07) is 0.0371. The topological polar surface area (TPSA) is 47.7 Å². The Labute approximate surface area is 126 Å². The molecule has 8 heteroatoms. The number of hydrogen-bond acceptors (Lipinski definition) is 3. The molecule has 0 fully saturated rings. The van der Waals surface area contributed by atoms with Crippen LogP contribution in [0.3, 0.4) is 0 Å². The third-order valence-corrected chi connectivity index (χ3v) is 4.25. The van der Waals surface area contributed by atoms with E-state index in [1.54, 1.807) is 18.7 Å². The van der Waals surface area contributed by atoms with Crippen molar-refractivity contribution in [1.29, 1.82) is 0 Å². The molecular formula is C14H18F3N5. The molecule has 0 amide bonds. The standard InChI is InChI=1S/C14H18F3N5/c1-7-11-9(5-6-18-7)12(22(4)19-11)10-8(2)21(3)20-13(10)14(15,16)17/h7,18H,5-6H2,1-4H3/t7-/m0/s1. The second-order valence-corrected chi connectivity index (χ2v) is 5.69. The van der Waals surface area contributed by atoms with E-state index >= 15 is 0 Å². The van der Waals surface area contributed by atoms with Crippen LogP contribution in [0.15, 0.2) is 0 Å². The van der Waals surface area contributed by atoms with Crippen LogP contribution in [-0.4, -0.2) is 26.1 Å². The molecule has 1 aliphatic rings. The van der Waals surface area contributed by atoms with Gasteiger partial charge in [0.15, 0.2) is 5.69 Å². The lowest BCUT2D eigenvalue weighted by atomic mass is 9.96. The monoisotopic (exact) mass is 313 g/mol. The van der Waals surface area contributed by atoms with Gasteiger partial charge in [0, 0.05) is 31.4 Å². The van der Waals surface area contributed by atoms with Gasteiger partial charge >= 0.3 is 6.18 Å². The molecule has 2 aromatic heterocycles. The molecule has 1 atom stereocenters. The van der Waals surface area contributed by atoms with Crippen molar-refractivity contribution in [2.24, 2.45) is 14.1 Å². The highest BCUT2D eigenvalue weighted by molar-refractivity contribution is 5.71. The van der Waals surface area contributed by atoms with Crippen molar-refractivity contribution in [1.82, 2.24) is 24.9 Å². The Bertz CT molecular complexity index is 726. The lowest BCUT2D eigenvalue weighted by Gasteiger charge is -2.19. The Balaban J connectivity index is 2.30. The van der Waals surface area contributed by atoms with Gasteiger partial charge in [-0.2, -0.15) is 23.4 Å². The first kappa shape index (κ1) is 15.1. The molecule has 0 saturated heterocycles. The van der Waals surface area contributed by atoms with Crippen LogP contribution in [0.1, 0.15) is 35.6 Å². The van der Waals surface area contributed by atoms with E-state index < -0.39 is 11.9 Å². The Morgan fingerprint density at radius 2 is 1.86 bits per heavy atom. The minimum Gasteiger partial charge on any atom is -0.308 e. The normalized spacial score (nSPS) is 18.6. The SMILES string of the molecule is Cc1c(-c2c3c(nn2C)[C@H](C)NCC3)c(C(F)(F)F)nn1C. The molecule has 0 saturated carbocycles. The smallest absolute Gasteiger partial charge is 0.308 e. The fraction of sp³-hybridized carbons (Fsp3) is 0.571. The molecular weight excluding hydrogens is 295 g/mol. The maximum Gasteiger partial charge on any atom is 0.435 e. The first-order valence-corrected chi connectivity index (χ1v) is 7.12. The summed E-state index contributed by atoms with van der Waals surface area (Å²) in [6.45, 7) is 4.35. The third kappa shape index (κ3) is 2.13. The molecule has 5 nitrogen and oxygen atoms in total. The van der Waals surface area contributed by atoms with Gasteiger partial charge < -0.3 is 5.32 Å². The predicted octanol–water partition coefficient (Wildman–Crippen LogP) is 2.35. The number of alkyl halides is 3. The summed E-state index contributed by atoms with van der Waals surface area (Å²) in [5.41, 5.74) is 2.02. The van der Waals surface area contributed by atoms with Gasteiger partial charge in [0.05, 0.1) is 17.0 Å². The van der Waals surface area contributed by atoms with Gasteiger partial charge in [-0.1, -0.05) is 0 Å². The van der Waals surface area contributed by atoms with Crippen LogP contribution in [0.5, 0.6) is 0 Å². The Hall–Kier alpha value is -1.83. The largest absolute Gasteiger partial charge is 0.435 e. The second-order valence-electron chi connectivity index (χ2n) is 5.69. The molecule has 1 N–H and O–H groups in total. The number of nitrogens with zero attached hydrogens (tertiary/aromatic N) is 4. The maximum absolute atomic E-state index is 13.4. The minimum absolute atomic E-state index is 0.0371. The summed E-state index contributed by atoms with van der Waals surface area (Å²) in [6.07, 6.45) is -3.83. The molecule has 0 aliphatic carbocycles. The van der Waals surface area contributed by atoms with Crippen LogP contribution in [0.2, 0.25) is 0 Å². The summed E-state index contributed by atoms with van der Waals surface area (Å²) >= 11 is 0. The van der Waals surface area contributed by atoms with Gasteiger partial charge in [0.2, 0.25) is 0 Å². The van der Waals surface area contributed by atoms with Gasteiger partial charge in [-0.3, -0.25) is 9.36 Å². The molecule has 3 rings (SSSR count). The molecule has 0 bridgehead atoms. The highest BCUT2D eigenvalue weighted by Crippen LogP contribution is 2.41. The summed E-state index contributed by atoms with van der Waals surface area (Å²) in [5, 5.41) is 11.4. The van der Waals surface area contributed by atoms with E-state index in [9.17, 15) is 13.2 Å². The Kier molecular flexibility index (Phi) is 3.32. The third-order valence-electron chi connectivity index (χ3n) is 4.25. The number of halogens is 3. The van der Waals surface area contributed by atoms with Crippen LogP contribution >= 0.6 is 0 Å². The number of aromatic nitrogens is 4. The number of fused-ring (bicyclic) bond motifs is 1. The van der Waals surface area contributed by atoms with Crippen LogP contribution in [0, 0.1) is 6.92 Å². The van der Waals surface area contributed by atoms with Gasteiger partial charge in [0.1, 0.15) is 0 Å². The van der Waals surface area contributed by atoms with Crippen molar-refractivity contribution in [3.8, 4) is 11.3 Å². The Morgan fingerprint density at radius 3 is 2.50 bits per heavy atom. The number of hydrogen-bond donors (Lipinski definition) is 1. The van der Waals surface area contributed by atoms with Crippen molar-refractivity contribution in [3.05, 3.63) is 22.6 Å². The van der Waals surface area contributed by atoms with Gasteiger partial charge in [-0.25, -0.2) is 0 Å². The lowest BCUT2D eigenvalue weighted by molar-refractivity contribution is -0.141. The summed E-state index contributed by atoms with van der Waals surface area (Å²) in [5.74, 6) is 0. The number of nitrogens with one attached hydrogen (secondary N) is 1. The first-order valence-electron chi connectivity index (χ1n) is 7.12. The van der Waals surface area contributed by atoms with E-state index in [1.807, 2.05) is 6.92 Å². The van der Waals surface area contributed by atoms with E-state index in [1.165, 1.54) is 11.7 Å². The molecule has 3 heterocycles. The summed E-state index contributed by atoms with van der Waals surface area (Å²) < 4.78 is 42.9. The molecule has 2 aromatic rings. The predicted molar refractivity (Wildman–Crippen MR) is 75.3 cm³/mol. The fourth-order valence-corrected chi connectivity index (χ4v) is 3.10. The fourth-order valence-electron chi connectivity index (χ4n) is 3.10. The van der Waals surface area contributed by atoms with E-state index in [0.717, 1.165) is 17.8 Å². The van der Waals surface area contributed by atoms with Gasteiger partial charge in [-0.05, 0) is 26.8 Å². The zero-order valence-corrected chi connectivity index (χ0v) is 12.9. The Morgan fingerprint density at radius 1 is 1.18 bits per heavy atom. The van der Waals surface area contributed by atoms with E-state index in [0.29, 0.717) is 17.8 Å². The van der Waals surface area contributed by atoms with E-state index in [4.69, 9.17) is 0 Å². The quantitative estimate of drug-likeness (QED) is 0.879. The molecule has 1 aliphatic heterocycles.